The van der Waals surface area contributed by atoms with E-state index in [-0.39, 0.29) is 11.3 Å². The van der Waals surface area contributed by atoms with E-state index in [0.29, 0.717) is 24.6 Å². The maximum atomic E-state index is 12.2. The average molecular weight is 286 g/mol. The van der Waals surface area contributed by atoms with Crippen molar-refractivity contribution in [2.24, 2.45) is 5.73 Å². The molecule has 0 heterocycles. The molecule has 5 nitrogen and oxygen atoms in total. The molecule has 5 heteroatoms. The van der Waals surface area contributed by atoms with Crippen molar-refractivity contribution < 1.29 is 14.6 Å². The zero-order valence-electron chi connectivity index (χ0n) is 11.8. The summed E-state index contributed by atoms with van der Waals surface area (Å²) in [4.78, 5) is 12.2. The van der Waals surface area contributed by atoms with Crippen molar-refractivity contribution in [3.05, 3.63) is 53.6 Å². The van der Waals surface area contributed by atoms with Gasteiger partial charge in [-0.1, -0.05) is 18.2 Å². The molecule has 21 heavy (non-hydrogen) atoms. The number of nitrogens with two attached hydrogens (primary N) is 1. The summed E-state index contributed by atoms with van der Waals surface area (Å²) < 4.78 is 5.47. The number of benzene rings is 2. The molecule has 2 rings (SSSR count). The Bertz CT molecular complexity index is 641. The number of phenolic OH excluding ortho intramolecular Hbond substituents is 1. The summed E-state index contributed by atoms with van der Waals surface area (Å²) in [5.74, 6) is 0.104. The molecule has 2 aromatic rings. The largest absolute Gasteiger partial charge is 0.507 e. The predicted octanol–water partition coefficient (Wildman–Crippen LogP) is 2.29. The van der Waals surface area contributed by atoms with Gasteiger partial charge in [0.2, 0.25) is 0 Å². The van der Waals surface area contributed by atoms with Crippen molar-refractivity contribution in [2.45, 2.75) is 6.92 Å². The number of nitrogens with one attached hydrogen (secondary N) is 1. The van der Waals surface area contributed by atoms with E-state index in [0.717, 1.165) is 5.56 Å². The third-order valence-electron chi connectivity index (χ3n) is 2.91. The molecule has 0 aliphatic rings. The smallest absolute Gasteiger partial charge is 0.259 e. The van der Waals surface area contributed by atoms with Crippen LogP contribution in [0, 0.1) is 6.92 Å². The van der Waals surface area contributed by atoms with E-state index in [9.17, 15) is 9.90 Å². The maximum absolute atomic E-state index is 12.2. The summed E-state index contributed by atoms with van der Waals surface area (Å²) in [7, 11) is 0. The molecular formula is C16H18N2O3. The maximum Gasteiger partial charge on any atom is 0.259 e. The molecule has 0 aromatic heterocycles. The minimum absolute atomic E-state index is 0.0483. The van der Waals surface area contributed by atoms with Gasteiger partial charge in [-0.25, -0.2) is 0 Å². The second kappa shape index (κ2) is 6.76. The summed E-state index contributed by atoms with van der Waals surface area (Å²) in [5.41, 5.74) is 7.05. The minimum Gasteiger partial charge on any atom is -0.507 e. The fourth-order valence-corrected chi connectivity index (χ4v) is 1.89. The summed E-state index contributed by atoms with van der Waals surface area (Å²) in [6.45, 7) is 2.60. The van der Waals surface area contributed by atoms with Gasteiger partial charge in [0, 0.05) is 6.54 Å². The van der Waals surface area contributed by atoms with Gasteiger partial charge >= 0.3 is 0 Å². The summed E-state index contributed by atoms with van der Waals surface area (Å²) in [5, 5.41) is 12.6. The third kappa shape index (κ3) is 3.73. The lowest BCUT2D eigenvalue weighted by atomic mass is 10.1. The number of phenols is 1. The van der Waals surface area contributed by atoms with Gasteiger partial charge < -0.3 is 20.9 Å². The summed E-state index contributed by atoms with van der Waals surface area (Å²) in [6, 6.07) is 12.0. The molecular weight excluding hydrogens is 268 g/mol. The zero-order chi connectivity index (χ0) is 15.2. The Morgan fingerprint density at radius 2 is 2.05 bits per heavy atom. The Balaban J connectivity index is 2.19. The molecule has 1 amide bonds. The van der Waals surface area contributed by atoms with E-state index in [1.54, 1.807) is 36.4 Å². The zero-order valence-corrected chi connectivity index (χ0v) is 11.8. The summed E-state index contributed by atoms with van der Waals surface area (Å²) in [6.07, 6.45) is 0. The number of para-hydroxylation sites is 2. The van der Waals surface area contributed by atoms with Gasteiger partial charge in [-0.15, -0.1) is 0 Å². The van der Waals surface area contributed by atoms with Crippen molar-refractivity contribution >= 4 is 11.6 Å². The lowest BCUT2D eigenvalue weighted by molar-refractivity contribution is 0.102. The van der Waals surface area contributed by atoms with Gasteiger partial charge in [0.15, 0.2) is 0 Å². The normalized spacial score (nSPS) is 10.2. The van der Waals surface area contributed by atoms with E-state index < -0.39 is 5.91 Å². The van der Waals surface area contributed by atoms with Gasteiger partial charge in [-0.3, -0.25) is 4.79 Å². The number of ether oxygens (including phenoxy) is 1. The van der Waals surface area contributed by atoms with Gasteiger partial charge in [0.05, 0.1) is 11.3 Å². The van der Waals surface area contributed by atoms with Crippen LogP contribution in [-0.2, 0) is 0 Å². The standard InChI is InChI=1S/C16H18N2O3/c1-11-6-7-12(14(19)10-11)16(20)18-13-4-2-3-5-15(13)21-9-8-17/h2-7,10,19H,8-9,17H2,1H3,(H,18,20). The number of hydrogen-bond acceptors (Lipinski definition) is 4. The van der Waals surface area contributed by atoms with E-state index in [2.05, 4.69) is 5.32 Å². The lowest BCUT2D eigenvalue weighted by Crippen LogP contribution is -2.15. The number of hydrogen-bond donors (Lipinski definition) is 3. The second-order valence-electron chi connectivity index (χ2n) is 4.61. The molecule has 0 aliphatic heterocycles. The molecule has 0 aliphatic carbocycles. The first kappa shape index (κ1) is 14.9. The lowest BCUT2D eigenvalue weighted by Gasteiger charge is -2.12. The topological polar surface area (TPSA) is 84.6 Å². The average Bonchev–Trinajstić information content (AvgIpc) is 2.46. The van der Waals surface area contributed by atoms with Crippen LogP contribution in [0.15, 0.2) is 42.5 Å². The van der Waals surface area contributed by atoms with Gasteiger partial charge in [0.1, 0.15) is 18.1 Å². The van der Waals surface area contributed by atoms with Crippen LogP contribution in [0.4, 0.5) is 5.69 Å². The highest BCUT2D eigenvalue weighted by Crippen LogP contribution is 2.26. The van der Waals surface area contributed by atoms with E-state index in [4.69, 9.17) is 10.5 Å². The van der Waals surface area contributed by atoms with Crippen molar-refractivity contribution in [1.82, 2.24) is 0 Å². The molecule has 0 saturated carbocycles. The first-order chi connectivity index (χ1) is 10.1. The predicted molar refractivity (Wildman–Crippen MR) is 81.8 cm³/mol. The Morgan fingerprint density at radius 1 is 1.29 bits per heavy atom. The Kier molecular flexibility index (Phi) is 4.79. The van der Waals surface area contributed by atoms with Crippen molar-refractivity contribution in [2.75, 3.05) is 18.5 Å². The fourth-order valence-electron chi connectivity index (χ4n) is 1.89. The number of aryl methyl sites for hydroxylation is 1. The quantitative estimate of drug-likeness (QED) is 0.787. The molecule has 4 N–H and O–H groups in total. The number of anilines is 1. The Labute approximate surface area is 123 Å². The van der Waals surface area contributed by atoms with Crippen molar-refractivity contribution in [3.8, 4) is 11.5 Å². The number of rotatable bonds is 5. The molecule has 0 bridgehead atoms. The van der Waals surface area contributed by atoms with Crippen molar-refractivity contribution in [3.63, 3.8) is 0 Å². The van der Waals surface area contributed by atoms with Crippen LogP contribution in [0.2, 0.25) is 0 Å². The first-order valence-corrected chi connectivity index (χ1v) is 6.64. The second-order valence-corrected chi connectivity index (χ2v) is 4.61. The monoisotopic (exact) mass is 286 g/mol. The van der Waals surface area contributed by atoms with E-state index >= 15 is 0 Å². The van der Waals surface area contributed by atoms with Crippen LogP contribution in [0.5, 0.6) is 11.5 Å². The number of amides is 1. The third-order valence-corrected chi connectivity index (χ3v) is 2.91. The van der Waals surface area contributed by atoms with Gasteiger partial charge in [0.25, 0.3) is 5.91 Å². The first-order valence-electron chi connectivity index (χ1n) is 6.64. The highest BCUT2D eigenvalue weighted by atomic mass is 16.5. The highest BCUT2D eigenvalue weighted by Gasteiger charge is 2.13. The van der Waals surface area contributed by atoms with Gasteiger partial charge in [-0.05, 0) is 36.8 Å². The summed E-state index contributed by atoms with van der Waals surface area (Å²) >= 11 is 0. The fraction of sp³-hybridized carbons (Fsp3) is 0.188. The highest BCUT2D eigenvalue weighted by molar-refractivity contribution is 6.06. The molecule has 0 saturated heterocycles. The van der Waals surface area contributed by atoms with Crippen LogP contribution in [0.1, 0.15) is 15.9 Å². The number of carbonyl (C=O) groups is 1. The van der Waals surface area contributed by atoms with E-state index in [1.807, 2.05) is 13.0 Å². The van der Waals surface area contributed by atoms with Crippen LogP contribution >= 0.6 is 0 Å². The van der Waals surface area contributed by atoms with Crippen LogP contribution in [0.25, 0.3) is 0 Å². The number of aromatic hydroxyl groups is 1. The molecule has 0 radical (unpaired) electrons. The van der Waals surface area contributed by atoms with Gasteiger partial charge in [-0.2, -0.15) is 0 Å². The van der Waals surface area contributed by atoms with E-state index in [1.165, 1.54) is 0 Å². The number of carbonyl (C=O) groups excluding carboxylic acids is 1. The molecule has 0 atom stereocenters. The Morgan fingerprint density at radius 3 is 2.76 bits per heavy atom. The molecule has 110 valence electrons. The Hall–Kier alpha value is -2.53. The minimum atomic E-state index is -0.392. The molecule has 0 spiro atoms. The van der Waals surface area contributed by atoms with Crippen LogP contribution in [-0.4, -0.2) is 24.2 Å². The molecule has 0 fully saturated rings. The van der Waals surface area contributed by atoms with Crippen LogP contribution < -0.4 is 15.8 Å². The van der Waals surface area contributed by atoms with Crippen LogP contribution in [0.3, 0.4) is 0 Å². The molecule has 0 unspecified atom stereocenters. The van der Waals surface area contributed by atoms with Crippen molar-refractivity contribution in [1.29, 1.82) is 0 Å². The molecule has 2 aromatic carbocycles. The SMILES string of the molecule is Cc1ccc(C(=O)Nc2ccccc2OCCN)c(O)c1.